The summed E-state index contributed by atoms with van der Waals surface area (Å²) in [7, 11) is 0. The Balaban J connectivity index is 1.31. The Kier molecular flexibility index (Phi) is 5.91. The Labute approximate surface area is 212 Å². The molecule has 2 fully saturated rings. The molecule has 1 amide bonds. The average molecular weight is 508 g/mol. The Morgan fingerprint density at radius 2 is 2.00 bits per heavy atom. The number of hydrogen-bond donors (Lipinski definition) is 3. The first kappa shape index (κ1) is 23.0. The lowest BCUT2D eigenvalue weighted by Crippen LogP contribution is -2.45. The minimum atomic E-state index is -0.719. The van der Waals surface area contributed by atoms with Crippen LogP contribution in [0.4, 0.5) is 6.01 Å². The van der Waals surface area contributed by atoms with Crippen LogP contribution in [0.5, 0.6) is 0 Å². The molecule has 0 saturated carbocycles. The zero-order valence-corrected chi connectivity index (χ0v) is 20.4. The minimum absolute atomic E-state index is 0.102. The molecule has 2 saturated heterocycles. The van der Waals surface area contributed by atoms with Crippen LogP contribution in [0.1, 0.15) is 31.4 Å². The highest BCUT2D eigenvalue weighted by atomic mass is 35.5. The molecule has 2 aromatic carbocycles. The van der Waals surface area contributed by atoms with Crippen LogP contribution < -0.4 is 10.6 Å². The number of aliphatic imine (C=N–C) groups is 1. The van der Waals surface area contributed by atoms with Gasteiger partial charge in [-0.3, -0.25) is 10.1 Å². The summed E-state index contributed by atoms with van der Waals surface area (Å²) in [6.07, 6.45) is 0.868. The number of piperidine rings is 1. The van der Waals surface area contributed by atoms with E-state index in [0.717, 1.165) is 23.9 Å². The lowest BCUT2D eigenvalue weighted by atomic mass is 9.91. The number of carbonyl (C=O) groups excluding carboxylic acids is 1. The number of hydrogen-bond acceptors (Lipinski definition) is 8. The van der Waals surface area contributed by atoms with E-state index in [1.165, 1.54) is 0 Å². The molecule has 0 bridgehead atoms. The zero-order chi connectivity index (χ0) is 24.8. The van der Waals surface area contributed by atoms with E-state index < -0.39 is 12.3 Å². The van der Waals surface area contributed by atoms with Crippen molar-refractivity contribution in [3.63, 3.8) is 0 Å². The number of nitrogens with one attached hydrogen (secondary N) is 2. The van der Waals surface area contributed by atoms with Crippen LogP contribution in [-0.2, 0) is 9.53 Å². The number of likely N-dealkylation sites (tertiary alicyclic amines) is 1. The Morgan fingerprint density at radius 1 is 1.22 bits per heavy atom. The van der Waals surface area contributed by atoms with Crippen LogP contribution in [0.2, 0.25) is 5.02 Å². The summed E-state index contributed by atoms with van der Waals surface area (Å²) in [6.45, 7) is 3.03. The number of allylic oxidation sites excluding steroid dienone is 1. The third-order valence-corrected chi connectivity index (χ3v) is 7.25. The number of aromatic nitrogens is 1. The number of nitrogens with zero attached hydrogens (tertiary/aromatic N) is 3. The lowest BCUT2D eigenvalue weighted by Gasteiger charge is -2.35. The fraction of sp³-hybridized carbons (Fsp3) is 0.346. The highest BCUT2D eigenvalue weighted by Crippen LogP contribution is 2.38. The summed E-state index contributed by atoms with van der Waals surface area (Å²) in [5, 5.41) is 16.6. The number of aliphatic hydroxyl groups excluding tert-OH is 1. The van der Waals surface area contributed by atoms with E-state index in [0.29, 0.717) is 46.9 Å². The van der Waals surface area contributed by atoms with Gasteiger partial charge in [0.05, 0.1) is 5.57 Å². The molecule has 3 aromatic rings. The summed E-state index contributed by atoms with van der Waals surface area (Å²) in [6, 6.07) is 14.6. The van der Waals surface area contributed by atoms with Crippen molar-refractivity contribution in [3.8, 4) is 0 Å². The summed E-state index contributed by atoms with van der Waals surface area (Å²) in [5.41, 5.74) is 3.32. The van der Waals surface area contributed by atoms with Crippen molar-refractivity contribution in [2.45, 2.75) is 38.2 Å². The third kappa shape index (κ3) is 4.34. The van der Waals surface area contributed by atoms with Gasteiger partial charge in [-0.05, 0) is 38.0 Å². The second-order valence-electron chi connectivity index (χ2n) is 9.32. The van der Waals surface area contributed by atoms with Crippen molar-refractivity contribution in [2.24, 2.45) is 10.9 Å². The zero-order valence-electron chi connectivity index (χ0n) is 19.6. The van der Waals surface area contributed by atoms with Gasteiger partial charge in [0, 0.05) is 35.3 Å². The van der Waals surface area contributed by atoms with E-state index in [1.54, 1.807) is 6.07 Å². The number of anilines is 1. The number of carbonyl (C=O) groups is 1. The number of oxazole rings is 1. The standard InChI is InChI=1S/C26H26ClN5O4/c1-14-20(23(33)32-12-6-7-15(13-32)22-24(34)36-22)21(16-8-2-3-9-17(16)27)30-25(28-14)31-26-29-18-10-4-5-11-19(18)35-26/h2-5,8-11,15,21-22,24,34H,6-7,12-13H2,1H3,(H2,28,29,30,31). The summed E-state index contributed by atoms with van der Waals surface area (Å²) >= 11 is 6.58. The number of guanidine groups is 1. The molecule has 0 radical (unpaired) electrons. The largest absolute Gasteiger partial charge is 0.423 e. The molecule has 3 aliphatic heterocycles. The Hall–Kier alpha value is -3.40. The average Bonchev–Trinajstić information content (AvgIpc) is 3.47. The molecule has 36 heavy (non-hydrogen) atoms. The third-order valence-electron chi connectivity index (χ3n) is 6.90. The highest BCUT2D eigenvalue weighted by molar-refractivity contribution is 6.31. The molecule has 6 rings (SSSR count). The van der Waals surface area contributed by atoms with Gasteiger partial charge in [-0.1, -0.05) is 41.9 Å². The summed E-state index contributed by atoms with van der Waals surface area (Å²) in [5.74, 6) is 0.426. The van der Waals surface area contributed by atoms with E-state index in [-0.39, 0.29) is 17.9 Å². The molecule has 1 aromatic heterocycles. The number of fused-ring (bicyclic) bond motifs is 1. The molecule has 0 spiro atoms. The monoisotopic (exact) mass is 507 g/mol. The number of ether oxygens (including phenoxy) is 1. The number of halogens is 1. The molecule has 186 valence electrons. The summed E-state index contributed by atoms with van der Waals surface area (Å²) < 4.78 is 11.1. The molecule has 4 unspecified atom stereocenters. The van der Waals surface area contributed by atoms with Crippen molar-refractivity contribution in [1.82, 2.24) is 15.2 Å². The van der Waals surface area contributed by atoms with Crippen molar-refractivity contribution in [3.05, 3.63) is 70.4 Å². The van der Waals surface area contributed by atoms with Crippen molar-refractivity contribution < 1.29 is 19.1 Å². The second kappa shape index (κ2) is 9.24. The smallest absolute Gasteiger partial charge is 0.302 e. The van der Waals surface area contributed by atoms with Gasteiger partial charge >= 0.3 is 6.01 Å². The fourth-order valence-electron chi connectivity index (χ4n) is 5.06. The van der Waals surface area contributed by atoms with E-state index in [1.807, 2.05) is 54.3 Å². The van der Waals surface area contributed by atoms with Crippen LogP contribution in [0, 0.1) is 5.92 Å². The summed E-state index contributed by atoms with van der Waals surface area (Å²) in [4.78, 5) is 25.0. The molecule has 3 N–H and O–H groups in total. The fourth-order valence-corrected chi connectivity index (χ4v) is 5.30. The maximum absolute atomic E-state index is 13.9. The van der Waals surface area contributed by atoms with Crippen LogP contribution in [-0.4, -0.2) is 52.3 Å². The van der Waals surface area contributed by atoms with E-state index in [4.69, 9.17) is 25.7 Å². The van der Waals surface area contributed by atoms with Gasteiger partial charge < -0.3 is 24.5 Å². The maximum Gasteiger partial charge on any atom is 0.302 e. The van der Waals surface area contributed by atoms with Gasteiger partial charge in [0.2, 0.25) is 5.96 Å². The Bertz CT molecular complexity index is 1350. The molecule has 3 aliphatic rings. The number of aliphatic hydroxyl groups is 1. The van der Waals surface area contributed by atoms with Crippen LogP contribution in [0.25, 0.3) is 11.1 Å². The van der Waals surface area contributed by atoms with E-state index >= 15 is 0 Å². The number of benzene rings is 2. The first-order chi connectivity index (χ1) is 17.5. The molecule has 9 nitrogen and oxygen atoms in total. The number of para-hydroxylation sites is 2. The van der Waals surface area contributed by atoms with E-state index in [2.05, 4.69) is 15.6 Å². The molecule has 0 aliphatic carbocycles. The first-order valence-corrected chi connectivity index (χ1v) is 12.4. The van der Waals surface area contributed by atoms with Crippen molar-refractivity contribution in [1.29, 1.82) is 0 Å². The lowest BCUT2D eigenvalue weighted by molar-refractivity contribution is -0.129. The van der Waals surface area contributed by atoms with Gasteiger partial charge in [0.1, 0.15) is 17.7 Å². The molecular formula is C26H26ClN5O4. The minimum Gasteiger partial charge on any atom is -0.423 e. The van der Waals surface area contributed by atoms with Gasteiger partial charge in [-0.15, -0.1) is 0 Å². The predicted molar refractivity (Wildman–Crippen MR) is 135 cm³/mol. The van der Waals surface area contributed by atoms with Crippen molar-refractivity contribution >= 4 is 40.6 Å². The van der Waals surface area contributed by atoms with Gasteiger partial charge in [-0.2, -0.15) is 4.98 Å². The van der Waals surface area contributed by atoms with Crippen LogP contribution >= 0.6 is 11.6 Å². The Morgan fingerprint density at radius 3 is 2.78 bits per heavy atom. The molecule has 4 atom stereocenters. The quantitative estimate of drug-likeness (QED) is 0.460. The molecular weight excluding hydrogens is 482 g/mol. The van der Waals surface area contributed by atoms with Crippen LogP contribution in [0.3, 0.4) is 0 Å². The predicted octanol–water partition coefficient (Wildman–Crippen LogP) is 3.82. The second-order valence-corrected chi connectivity index (χ2v) is 9.73. The van der Waals surface area contributed by atoms with Gasteiger partial charge in [0.15, 0.2) is 11.9 Å². The normalized spacial score (nSPS) is 26.0. The number of epoxide rings is 1. The SMILES string of the molecule is CC1=C(C(=O)N2CCCC(C3OC3O)C2)C(c2ccccc2Cl)N=C(Nc2nc3ccccc3o2)N1. The number of amides is 1. The first-order valence-electron chi connectivity index (χ1n) is 12.0. The van der Waals surface area contributed by atoms with Crippen molar-refractivity contribution in [2.75, 3.05) is 18.4 Å². The maximum atomic E-state index is 13.9. The number of rotatable bonds is 4. The molecule has 10 heteroatoms. The topological polar surface area (TPSA) is 116 Å². The van der Waals surface area contributed by atoms with E-state index in [9.17, 15) is 9.90 Å². The van der Waals surface area contributed by atoms with Gasteiger partial charge in [-0.25, -0.2) is 4.99 Å². The highest BCUT2D eigenvalue weighted by Gasteiger charge is 2.46. The van der Waals surface area contributed by atoms with Gasteiger partial charge in [0.25, 0.3) is 5.91 Å². The molecule has 4 heterocycles. The van der Waals surface area contributed by atoms with Crippen LogP contribution in [0.15, 0.2) is 69.2 Å².